The van der Waals surface area contributed by atoms with Gasteiger partial charge in [-0.3, -0.25) is 5.32 Å². The summed E-state index contributed by atoms with van der Waals surface area (Å²) in [4.78, 5) is 0. The normalized spacial score (nSPS) is 27.1. The second kappa shape index (κ2) is 6.39. The van der Waals surface area contributed by atoms with Gasteiger partial charge in [0.25, 0.3) is 0 Å². The van der Waals surface area contributed by atoms with Crippen LogP contribution < -0.4 is 10.6 Å². The number of hydrogen-bond donors (Lipinski definition) is 2. The molecule has 1 heterocycles. The average molecular weight is 238 g/mol. The highest BCUT2D eigenvalue weighted by atomic mass is 16.5. The summed E-state index contributed by atoms with van der Waals surface area (Å²) in [5.74, 6) is 6.00. The molecule has 98 valence electrons. The molecule has 1 rings (SSSR count). The Morgan fingerprint density at radius 2 is 2.00 bits per heavy atom. The minimum atomic E-state index is 0.0467. The number of hydrogen-bond acceptors (Lipinski definition) is 3. The standard InChI is InChI=1S/C14H26N2O/c1-6-8-11(7-2)17-13-10-15-12(9-16-13)14(3,4)5/h11-13,15-16H,7,9-10H2,1-5H3/t11-,12?,13?/m1/s1. The van der Waals surface area contributed by atoms with Crippen LogP contribution in [0.3, 0.4) is 0 Å². The third-order valence-electron chi connectivity index (χ3n) is 3.15. The molecule has 3 heteroatoms. The maximum Gasteiger partial charge on any atom is 0.122 e. The molecule has 2 unspecified atom stereocenters. The molecule has 0 bridgehead atoms. The van der Waals surface area contributed by atoms with Crippen molar-refractivity contribution in [1.82, 2.24) is 10.6 Å². The molecule has 0 spiro atoms. The quantitative estimate of drug-likeness (QED) is 0.735. The van der Waals surface area contributed by atoms with Gasteiger partial charge in [-0.25, -0.2) is 0 Å². The molecule has 0 aromatic heterocycles. The van der Waals surface area contributed by atoms with E-state index in [4.69, 9.17) is 4.74 Å². The average Bonchev–Trinajstić information content (AvgIpc) is 2.28. The highest BCUT2D eigenvalue weighted by Crippen LogP contribution is 2.20. The maximum absolute atomic E-state index is 5.89. The van der Waals surface area contributed by atoms with Gasteiger partial charge in [0.05, 0.1) is 0 Å². The zero-order valence-corrected chi connectivity index (χ0v) is 11.8. The number of nitrogens with one attached hydrogen (secondary N) is 2. The Bertz CT molecular complexity index is 277. The predicted molar refractivity (Wildman–Crippen MR) is 71.7 cm³/mol. The highest BCUT2D eigenvalue weighted by Gasteiger charge is 2.29. The molecule has 3 atom stereocenters. The first-order valence-corrected chi connectivity index (χ1v) is 6.52. The maximum atomic E-state index is 5.89. The van der Waals surface area contributed by atoms with Crippen LogP contribution >= 0.6 is 0 Å². The van der Waals surface area contributed by atoms with E-state index < -0.39 is 0 Å². The fraction of sp³-hybridized carbons (Fsp3) is 0.857. The molecule has 1 aliphatic rings. The van der Waals surface area contributed by atoms with E-state index in [0.29, 0.717) is 6.04 Å². The summed E-state index contributed by atoms with van der Waals surface area (Å²) in [5, 5.41) is 6.99. The van der Waals surface area contributed by atoms with Crippen LogP contribution in [-0.4, -0.2) is 31.5 Å². The minimum Gasteiger partial charge on any atom is -0.346 e. The van der Waals surface area contributed by atoms with Crippen molar-refractivity contribution in [2.45, 2.75) is 59.4 Å². The monoisotopic (exact) mass is 238 g/mol. The van der Waals surface area contributed by atoms with Crippen LogP contribution in [0.1, 0.15) is 41.0 Å². The van der Waals surface area contributed by atoms with Crippen molar-refractivity contribution in [3.8, 4) is 11.8 Å². The Kier molecular flexibility index (Phi) is 5.45. The molecule has 0 saturated carbocycles. The lowest BCUT2D eigenvalue weighted by molar-refractivity contribution is -0.0231. The molecule has 2 N–H and O–H groups in total. The fourth-order valence-electron chi connectivity index (χ4n) is 1.94. The van der Waals surface area contributed by atoms with Crippen LogP contribution in [0.4, 0.5) is 0 Å². The van der Waals surface area contributed by atoms with Crippen LogP contribution in [0.15, 0.2) is 0 Å². The number of ether oxygens (including phenoxy) is 1. The lowest BCUT2D eigenvalue weighted by Crippen LogP contribution is -2.59. The van der Waals surface area contributed by atoms with Gasteiger partial charge in [0.2, 0.25) is 0 Å². The lowest BCUT2D eigenvalue weighted by atomic mass is 9.86. The summed E-state index contributed by atoms with van der Waals surface area (Å²) in [7, 11) is 0. The van der Waals surface area contributed by atoms with Crippen molar-refractivity contribution in [2.24, 2.45) is 5.41 Å². The van der Waals surface area contributed by atoms with E-state index in [1.807, 2.05) is 6.92 Å². The number of rotatable bonds is 3. The van der Waals surface area contributed by atoms with E-state index >= 15 is 0 Å². The third kappa shape index (κ3) is 4.67. The minimum absolute atomic E-state index is 0.0467. The van der Waals surface area contributed by atoms with Crippen LogP contribution in [0.25, 0.3) is 0 Å². The molecule has 0 aromatic rings. The molecule has 1 aliphatic heterocycles. The first kappa shape index (κ1) is 14.5. The highest BCUT2D eigenvalue weighted by molar-refractivity contribution is 5.02. The largest absolute Gasteiger partial charge is 0.346 e. The Morgan fingerprint density at radius 1 is 1.29 bits per heavy atom. The summed E-state index contributed by atoms with van der Waals surface area (Å²) < 4.78 is 5.89. The van der Waals surface area contributed by atoms with E-state index in [1.165, 1.54) is 0 Å². The van der Waals surface area contributed by atoms with Crippen LogP contribution in [-0.2, 0) is 4.74 Å². The molecule has 0 aromatic carbocycles. The Hall–Kier alpha value is -0.560. The Labute approximate surface area is 106 Å². The fourth-order valence-corrected chi connectivity index (χ4v) is 1.94. The molecule has 0 amide bonds. The smallest absolute Gasteiger partial charge is 0.122 e. The van der Waals surface area contributed by atoms with Gasteiger partial charge in [-0.2, -0.15) is 0 Å². The summed E-state index contributed by atoms with van der Waals surface area (Å²) in [5.41, 5.74) is 0.283. The zero-order valence-electron chi connectivity index (χ0n) is 11.8. The SMILES string of the molecule is CC#C[C@@H](CC)OC1CNC(C(C)(C)C)CN1. The van der Waals surface area contributed by atoms with Crippen molar-refractivity contribution < 1.29 is 4.74 Å². The molecule has 3 nitrogen and oxygen atoms in total. The van der Waals surface area contributed by atoms with E-state index in [9.17, 15) is 0 Å². The summed E-state index contributed by atoms with van der Waals surface area (Å²) in [6, 6.07) is 0.500. The van der Waals surface area contributed by atoms with Crippen LogP contribution in [0, 0.1) is 17.3 Å². The molecular weight excluding hydrogens is 212 g/mol. The van der Waals surface area contributed by atoms with E-state index in [2.05, 4.69) is 50.2 Å². The second-order valence-electron chi connectivity index (χ2n) is 5.65. The zero-order chi connectivity index (χ0) is 12.9. The van der Waals surface area contributed by atoms with E-state index in [1.54, 1.807) is 0 Å². The molecule has 0 aliphatic carbocycles. The second-order valence-corrected chi connectivity index (χ2v) is 5.65. The molecular formula is C14H26N2O. The summed E-state index contributed by atoms with van der Waals surface area (Å²) in [6.07, 6.45) is 1.06. The van der Waals surface area contributed by atoms with Crippen LogP contribution in [0.5, 0.6) is 0 Å². The summed E-state index contributed by atoms with van der Waals surface area (Å²) in [6.45, 7) is 12.5. The molecule has 1 fully saturated rings. The number of piperazine rings is 1. The Morgan fingerprint density at radius 3 is 2.41 bits per heavy atom. The van der Waals surface area contributed by atoms with Gasteiger partial charge in [0.1, 0.15) is 12.3 Å². The lowest BCUT2D eigenvalue weighted by Gasteiger charge is -2.39. The van der Waals surface area contributed by atoms with Gasteiger partial charge in [0.15, 0.2) is 0 Å². The van der Waals surface area contributed by atoms with Gasteiger partial charge in [-0.1, -0.05) is 33.6 Å². The predicted octanol–water partition coefficient (Wildman–Crippen LogP) is 1.74. The molecule has 17 heavy (non-hydrogen) atoms. The van der Waals surface area contributed by atoms with Crippen molar-refractivity contribution in [3.05, 3.63) is 0 Å². The van der Waals surface area contributed by atoms with Crippen LogP contribution in [0.2, 0.25) is 0 Å². The van der Waals surface area contributed by atoms with Gasteiger partial charge in [0, 0.05) is 19.1 Å². The first-order valence-electron chi connectivity index (χ1n) is 6.52. The van der Waals surface area contributed by atoms with Crippen molar-refractivity contribution in [1.29, 1.82) is 0 Å². The Balaban J connectivity index is 2.38. The molecule has 0 radical (unpaired) electrons. The molecule has 1 saturated heterocycles. The summed E-state index contributed by atoms with van der Waals surface area (Å²) >= 11 is 0. The van der Waals surface area contributed by atoms with Gasteiger partial charge >= 0.3 is 0 Å². The van der Waals surface area contributed by atoms with E-state index in [-0.39, 0.29) is 17.7 Å². The van der Waals surface area contributed by atoms with Gasteiger partial charge in [-0.05, 0) is 18.8 Å². The van der Waals surface area contributed by atoms with E-state index in [0.717, 1.165) is 19.5 Å². The van der Waals surface area contributed by atoms with Gasteiger partial charge < -0.3 is 10.1 Å². The third-order valence-corrected chi connectivity index (χ3v) is 3.15. The van der Waals surface area contributed by atoms with Crippen molar-refractivity contribution in [3.63, 3.8) is 0 Å². The topological polar surface area (TPSA) is 33.3 Å². The first-order chi connectivity index (χ1) is 7.97. The van der Waals surface area contributed by atoms with Crippen molar-refractivity contribution >= 4 is 0 Å². The van der Waals surface area contributed by atoms with Gasteiger partial charge in [-0.15, -0.1) is 5.92 Å². The van der Waals surface area contributed by atoms with Crippen molar-refractivity contribution in [2.75, 3.05) is 13.1 Å².